The molecule has 0 aliphatic rings. The lowest BCUT2D eigenvalue weighted by Crippen LogP contribution is -2.18. The van der Waals surface area contributed by atoms with E-state index >= 15 is 0 Å². The summed E-state index contributed by atoms with van der Waals surface area (Å²) in [6, 6.07) is 15.7. The summed E-state index contributed by atoms with van der Waals surface area (Å²) in [6.45, 7) is 5.79. The molecule has 2 amide bonds. The van der Waals surface area contributed by atoms with Crippen LogP contribution >= 0.6 is 0 Å². The molecule has 0 bridgehead atoms. The molecule has 3 N–H and O–H groups in total. The van der Waals surface area contributed by atoms with Crippen molar-refractivity contribution in [2.45, 2.75) is 33.4 Å². The maximum Gasteiger partial charge on any atom is 0.221 e. The highest BCUT2D eigenvalue weighted by atomic mass is 16.2. The number of amides is 2. The molecular weight excluding hydrogens is 302 g/mol. The molecule has 0 spiro atoms. The van der Waals surface area contributed by atoms with Gasteiger partial charge >= 0.3 is 0 Å². The summed E-state index contributed by atoms with van der Waals surface area (Å²) in [5, 5.41) is 9.00. The zero-order valence-electron chi connectivity index (χ0n) is 14.2. The molecule has 2 rings (SSSR count). The van der Waals surface area contributed by atoms with Crippen LogP contribution in [0, 0.1) is 0 Å². The van der Waals surface area contributed by atoms with Crippen molar-refractivity contribution in [3.05, 3.63) is 59.7 Å². The Labute approximate surface area is 142 Å². The molecule has 0 aliphatic carbocycles. The van der Waals surface area contributed by atoms with E-state index in [4.69, 9.17) is 0 Å². The van der Waals surface area contributed by atoms with Crippen LogP contribution in [0.3, 0.4) is 0 Å². The van der Waals surface area contributed by atoms with E-state index in [1.54, 1.807) is 0 Å². The number of rotatable bonds is 6. The van der Waals surface area contributed by atoms with Gasteiger partial charge in [-0.3, -0.25) is 9.59 Å². The van der Waals surface area contributed by atoms with Crippen LogP contribution < -0.4 is 16.0 Å². The first-order valence-corrected chi connectivity index (χ1v) is 7.91. The predicted octanol–water partition coefficient (Wildman–Crippen LogP) is 3.45. The maximum absolute atomic E-state index is 11.1. The molecule has 1 unspecified atom stereocenters. The fraction of sp³-hybridized carbons (Fsp3) is 0.263. The second-order valence-electron chi connectivity index (χ2n) is 5.79. The Morgan fingerprint density at radius 1 is 0.917 bits per heavy atom. The van der Waals surface area contributed by atoms with E-state index in [0.717, 1.165) is 22.5 Å². The number of carbonyl (C=O) groups excluding carboxylic acids is 2. The minimum Gasteiger partial charge on any atom is -0.326 e. The van der Waals surface area contributed by atoms with Gasteiger partial charge in [-0.25, -0.2) is 0 Å². The van der Waals surface area contributed by atoms with E-state index in [1.807, 2.05) is 48.5 Å². The van der Waals surface area contributed by atoms with Gasteiger partial charge < -0.3 is 16.0 Å². The van der Waals surface area contributed by atoms with Crippen molar-refractivity contribution in [1.82, 2.24) is 5.32 Å². The zero-order chi connectivity index (χ0) is 17.5. The average molecular weight is 325 g/mol. The number of hydrogen-bond donors (Lipinski definition) is 3. The Bertz CT molecular complexity index is 711. The summed E-state index contributed by atoms with van der Waals surface area (Å²) in [5.74, 6) is -0.152. The molecular formula is C19H23N3O2. The number of anilines is 2. The minimum absolute atomic E-state index is 0.0754. The molecule has 5 nitrogen and oxygen atoms in total. The third-order valence-corrected chi connectivity index (χ3v) is 3.59. The molecule has 0 radical (unpaired) electrons. The van der Waals surface area contributed by atoms with Crippen molar-refractivity contribution in [3.63, 3.8) is 0 Å². The molecule has 2 aromatic rings. The van der Waals surface area contributed by atoms with Gasteiger partial charge in [-0.2, -0.15) is 0 Å². The molecule has 0 aliphatic heterocycles. The summed E-state index contributed by atoms with van der Waals surface area (Å²) >= 11 is 0. The van der Waals surface area contributed by atoms with Crippen LogP contribution in [0.5, 0.6) is 0 Å². The second kappa shape index (κ2) is 8.26. The topological polar surface area (TPSA) is 70.2 Å². The summed E-state index contributed by atoms with van der Waals surface area (Å²) in [4.78, 5) is 22.2. The van der Waals surface area contributed by atoms with Gasteiger partial charge in [-0.1, -0.05) is 24.3 Å². The van der Waals surface area contributed by atoms with Crippen molar-refractivity contribution in [2.24, 2.45) is 0 Å². The van der Waals surface area contributed by atoms with Gasteiger partial charge in [0.25, 0.3) is 0 Å². The van der Waals surface area contributed by atoms with Crippen molar-refractivity contribution in [3.8, 4) is 0 Å². The predicted molar refractivity (Wildman–Crippen MR) is 96.7 cm³/mol. The molecule has 126 valence electrons. The molecule has 0 saturated carbocycles. The van der Waals surface area contributed by atoms with E-state index in [-0.39, 0.29) is 17.9 Å². The summed E-state index contributed by atoms with van der Waals surface area (Å²) in [5.41, 5.74) is 3.83. The van der Waals surface area contributed by atoms with Crippen LogP contribution in [0.2, 0.25) is 0 Å². The van der Waals surface area contributed by atoms with E-state index in [9.17, 15) is 9.59 Å². The normalized spacial score (nSPS) is 11.6. The molecule has 1 atom stereocenters. The minimum atomic E-state index is -0.0768. The SMILES string of the molecule is CC(=O)Nc1ccc(CNC(C)c2cccc(NC(C)=O)c2)cc1. The summed E-state index contributed by atoms with van der Waals surface area (Å²) in [6.07, 6.45) is 0. The van der Waals surface area contributed by atoms with E-state index in [2.05, 4.69) is 22.9 Å². The lowest BCUT2D eigenvalue weighted by molar-refractivity contribution is -0.115. The smallest absolute Gasteiger partial charge is 0.221 e. The Balaban J connectivity index is 1.94. The highest BCUT2D eigenvalue weighted by Crippen LogP contribution is 2.18. The first-order valence-electron chi connectivity index (χ1n) is 7.91. The van der Waals surface area contributed by atoms with Gasteiger partial charge in [0.1, 0.15) is 0 Å². The van der Waals surface area contributed by atoms with Crippen molar-refractivity contribution in [1.29, 1.82) is 0 Å². The molecule has 0 aromatic heterocycles. The Morgan fingerprint density at radius 3 is 2.17 bits per heavy atom. The van der Waals surface area contributed by atoms with E-state index in [0.29, 0.717) is 6.54 Å². The van der Waals surface area contributed by atoms with Crippen molar-refractivity contribution >= 4 is 23.2 Å². The number of hydrogen-bond acceptors (Lipinski definition) is 3. The quantitative estimate of drug-likeness (QED) is 0.762. The van der Waals surface area contributed by atoms with Gasteiger partial charge in [0.2, 0.25) is 11.8 Å². The third-order valence-electron chi connectivity index (χ3n) is 3.59. The van der Waals surface area contributed by atoms with E-state index < -0.39 is 0 Å². The third kappa shape index (κ3) is 5.52. The number of carbonyl (C=O) groups is 2. The Morgan fingerprint density at radius 2 is 1.54 bits per heavy atom. The van der Waals surface area contributed by atoms with Crippen LogP contribution in [0.4, 0.5) is 11.4 Å². The van der Waals surface area contributed by atoms with Gasteiger partial charge in [0.05, 0.1) is 0 Å². The molecule has 5 heteroatoms. The highest BCUT2D eigenvalue weighted by Gasteiger charge is 2.06. The first kappa shape index (κ1) is 17.7. The van der Waals surface area contributed by atoms with Gasteiger partial charge in [0.15, 0.2) is 0 Å². The number of benzene rings is 2. The van der Waals surface area contributed by atoms with Gasteiger partial charge in [-0.05, 0) is 42.3 Å². The van der Waals surface area contributed by atoms with Crippen molar-refractivity contribution in [2.75, 3.05) is 10.6 Å². The highest BCUT2D eigenvalue weighted by molar-refractivity contribution is 5.89. The van der Waals surface area contributed by atoms with Crippen LogP contribution in [0.25, 0.3) is 0 Å². The Hall–Kier alpha value is -2.66. The standard InChI is InChI=1S/C19H23N3O2/c1-13(17-5-4-6-19(11-17)22-15(3)24)20-12-16-7-9-18(10-8-16)21-14(2)23/h4-11,13,20H,12H2,1-3H3,(H,21,23)(H,22,24). The summed E-state index contributed by atoms with van der Waals surface area (Å²) in [7, 11) is 0. The Kier molecular flexibility index (Phi) is 6.09. The first-order chi connectivity index (χ1) is 11.4. The van der Waals surface area contributed by atoms with Crippen LogP contribution in [-0.2, 0) is 16.1 Å². The lowest BCUT2D eigenvalue weighted by Gasteiger charge is -2.16. The van der Waals surface area contributed by atoms with Crippen molar-refractivity contribution < 1.29 is 9.59 Å². The lowest BCUT2D eigenvalue weighted by atomic mass is 10.1. The summed E-state index contributed by atoms with van der Waals surface area (Å²) < 4.78 is 0. The average Bonchev–Trinajstić information content (AvgIpc) is 2.53. The van der Waals surface area contributed by atoms with Crippen LogP contribution in [0.15, 0.2) is 48.5 Å². The van der Waals surface area contributed by atoms with Crippen LogP contribution in [-0.4, -0.2) is 11.8 Å². The molecule has 2 aromatic carbocycles. The van der Waals surface area contributed by atoms with Crippen LogP contribution in [0.1, 0.15) is 37.9 Å². The second-order valence-corrected chi connectivity index (χ2v) is 5.79. The maximum atomic E-state index is 11.1. The van der Waals surface area contributed by atoms with E-state index in [1.165, 1.54) is 13.8 Å². The zero-order valence-corrected chi connectivity index (χ0v) is 14.2. The fourth-order valence-electron chi connectivity index (χ4n) is 2.39. The molecule has 0 fully saturated rings. The number of nitrogens with one attached hydrogen (secondary N) is 3. The largest absolute Gasteiger partial charge is 0.326 e. The van der Waals surface area contributed by atoms with Gasteiger partial charge in [-0.15, -0.1) is 0 Å². The molecule has 24 heavy (non-hydrogen) atoms. The molecule has 0 saturated heterocycles. The monoisotopic (exact) mass is 325 g/mol. The van der Waals surface area contributed by atoms with Gasteiger partial charge in [0, 0.05) is 37.8 Å². The fourth-order valence-corrected chi connectivity index (χ4v) is 2.39. The molecule has 0 heterocycles.